The molecule has 0 saturated carbocycles. The molecule has 9 heteroatoms. The Bertz CT molecular complexity index is 1130. The van der Waals surface area contributed by atoms with Crippen LogP contribution in [0.25, 0.3) is 0 Å². The Hall–Kier alpha value is -2.03. The number of amidine groups is 1. The molecule has 4 rings (SSSR count). The zero-order valence-corrected chi connectivity index (χ0v) is 20.5. The summed E-state index contributed by atoms with van der Waals surface area (Å²) in [5.74, 6) is -0.123. The fourth-order valence-electron chi connectivity index (χ4n) is 4.23. The minimum Gasteiger partial charge on any atom is -0.372 e. The van der Waals surface area contributed by atoms with Crippen molar-refractivity contribution in [3.63, 3.8) is 0 Å². The third kappa shape index (κ3) is 4.82. The molecule has 170 valence electrons. The molecule has 1 amide bonds. The predicted octanol–water partition coefficient (Wildman–Crippen LogP) is 4.03. The molecular weight excluding hydrogens is 466 g/mol. The fourth-order valence-corrected chi connectivity index (χ4v) is 8.36. The van der Waals surface area contributed by atoms with Crippen LogP contribution in [0.1, 0.15) is 19.4 Å². The third-order valence-corrected chi connectivity index (χ3v) is 9.42. The highest BCUT2D eigenvalue weighted by molar-refractivity contribution is 8.16. The molecule has 2 aromatic carbocycles. The van der Waals surface area contributed by atoms with E-state index in [0.717, 1.165) is 30.0 Å². The number of carbonyl (C=O) groups excluding carboxylic acids is 1. The van der Waals surface area contributed by atoms with E-state index in [4.69, 9.17) is 11.6 Å². The molecule has 0 N–H and O–H groups in total. The van der Waals surface area contributed by atoms with Gasteiger partial charge in [0, 0.05) is 34.7 Å². The summed E-state index contributed by atoms with van der Waals surface area (Å²) in [5.41, 5.74) is 2.68. The largest absolute Gasteiger partial charge is 0.372 e. The van der Waals surface area contributed by atoms with Gasteiger partial charge in [-0.2, -0.15) is 4.99 Å². The van der Waals surface area contributed by atoms with E-state index in [1.807, 2.05) is 47.4 Å². The highest BCUT2D eigenvalue weighted by Crippen LogP contribution is 2.41. The van der Waals surface area contributed by atoms with E-state index in [1.165, 1.54) is 11.8 Å². The minimum atomic E-state index is -3.11. The van der Waals surface area contributed by atoms with E-state index in [9.17, 15) is 13.2 Å². The van der Waals surface area contributed by atoms with Gasteiger partial charge in [0.25, 0.3) is 5.91 Å². The molecule has 32 heavy (non-hydrogen) atoms. The van der Waals surface area contributed by atoms with E-state index in [-0.39, 0.29) is 35.1 Å². The summed E-state index contributed by atoms with van der Waals surface area (Å²) in [7, 11) is -3.11. The highest BCUT2D eigenvalue weighted by Gasteiger charge is 2.49. The average molecular weight is 492 g/mol. The number of nitrogens with zero attached hydrogens (tertiary/aromatic N) is 3. The van der Waals surface area contributed by atoms with Gasteiger partial charge >= 0.3 is 0 Å². The van der Waals surface area contributed by atoms with E-state index in [2.05, 4.69) is 23.7 Å². The third-order valence-electron chi connectivity index (χ3n) is 5.84. The molecule has 2 atom stereocenters. The van der Waals surface area contributed by atoms with Gasteiger partial charge in [0.2, 0.25) is 0 Å². The molecular formula is C23H26ClN3O3S2. The van der Waals surface area contributed by atoms with Crippen molar-refractivity contribution in [3.05, 3.63) is 59.1 Å². The lowest BCUT2D eigenvalue weighted by molar-refractivity contribution is -0.117. The second-order valence-electron chi connectivity index (χ2n) is 7.92. The van der Waals surface area contributed by atoms with Crippen LogP contribution in [0.3, 0.4) is 0 Å². The van der Waals surface area contributed by atoms with E-state index >= 15 is 0 Å². The van der Waals surface area contributed by atoms with Gasteiger partial charge < -0.3 is 9.80 Å². The quantitative estimate of drug-likeness (QED) is 0.607. The van der Waals surface area contributed by atoms with Crippen LogP contribution in [0.2, 0.25) is 5.02 Å². The first-order valence-corrected chi connectivity index (χ1v) is 13.8. The van der Waals surface area contributed by atoms with Crippen LogP contribution in [0.15, 0.2) is 53.5 Å². The van der Waals surface area contributed by atoms with Crippen molar-refractivity contribution < 1.29 is 13.2 Å². The van der Waals surface area contributed by atoms with Crippen LogP contribution in [-0.4, -0.2) is 55.4 Å². The zero-order chi connectivity index (χ0) is 22.9. The lowest BCUT2D eigenvalue weighted by Crippen LogP contribution is -2.37. The van der Waals surface area contributed by atoms with Crippen molar-refractivity contribution in [2.45, 2.75) is 31.6 Å². The molecule has 2 aliphatic rings. The zero-order valence-electron chi connectivity index (χ0n) is 18.1. The van der Waals surface area contributed by atoms with Gasteiger partial charge in [0.05, 0.1) is 24.0 Å². The van der Waals surface area contributed by atoms with Crippen LogP contribution >= 0.6 is 23.4 Å². The first-order chi connectivity index (χ1) is 15.3. The molecule has 0 aliphatic carbocycles. The van der Waals surface area contributed by atoms with E-state index in [1.54, 1.807) is 6.07 Å². The topological polar surface area (TPSA) is 70.0 Å². The number of amides is 1. The number of carbonyl (C=O) groups is 1. The number of hydrogen-bond acceptors (Lipinski definition) is 5. The lowest BCUT2D eigenvalue weighted by atomic mass is 10.1. The summed E-state index contributed by atoms with van der Waals surface area (Å²) in [6, 6.07) is 15.0. The molecule has 0 spiro atoms. The Morgan fingerprint density at radius 2 is 1.81 bits per heavy atom. The first-order valence-electron chi connectivity index (χ1n) is 10.7. The lowest BCUT2D eigenvalue weighted by Gasteiger charge is -2.26. The van der Waals surface area contributed by atoms with Gasteiger partial charge in [-0.15, -0.1) is 0 Å². The Balaban J connectivity index is 1.63. The van der Waals surface area contributed by atoms with Gasteiger partial charge in [-0.1, -0.05) is 41.6 Å². The second-order valence-corrected chi connectivity index (χ2v) is 11.7. The molecule has 2 aromatic rings. The number of hydrogen-bond donors (Lipinski definition) is 0. The van der Waals surface area contributed by atoms with E-state index in [0.29, 0.717) is 10.2 Å². The second kappa shape index (κ2) is 9.45. The van der Waals surface area contributed by atoms with E-state index < -0.39 is 9.84 Å². The Labute approximate surface area is 198 Å². The maximum atomic E-state index is 12.8. The van der Waals surface area contributed by atoms with Crippen molar-refractivity contribution in [2.75, 3.05) is 34.4 Å². The highest BCUT2D eigenvalue weighted by atomic mass is 35.5. The number of anilines is 2. The standard InChI is InChI=1S/C23H26ClN3O3S2/c1-3-26(4-2)17-9-11-18(12-10-17)27-20-14-32(29,30)15-21(20)31-23(27)25-22(28)13-16-7-5-6-8-19(16)24/h5-12,20-21H,3-4,13-15H2,1-2H3/t20-,21+/m0/s1. The predicted molar refractivity (Wildman–Crippen MR) is 134 cm³/mol. The number of aliphatic imine (C=N–C) groups is 1. The summed E-state index contributed by atoms with van der Waals surface area (Å²) >= 11 is 7.58. The van der Waals surface area contributed by atoms with Gasteiger partial charge in [-0.3, -0.25) is 4.79 Å². The van der Waals surface area contributed by atoms with Gasteiger partial charge in [0.1, 0.15) is 0 Å². The average Bonchev–Trinajstić information content (AvgIpc) is 3.22. The number of sulfone groups is 1. The van der Waals surface area contributed by atoms with Crippen molar-refractivity contribution in [1.82, 2.24) is 0 Å². The number of fused-ring (bicyclic) bond motifs is 1. The molecule has 2 aliphatic heterocycles. The molecule has 0 aromatic heterocycles. The molecule has 2 heterocycles. The Morgan fingerprint density at radius 1 is 1.12 bits per heavy atom. The van der Waals surface area contributed by atoms with Crippen LogP contribution in [0, 0.1) is 0 Å². The van der Waals surface area contributed by atoms with Crippen LogP contribution in [0.4, 0.5) is 11.4 Å². The Kier molecular flexibility index (Phi) is 6.83. The molecule has 0 bridgehead atoms. The van der Waals surface area contributed by atoms with Gasteiger partial charge in [-0.05, 0) is 49.7 Å². The minimum absolute atomic E-state index is 0.0696. The summed E-state index contributed by atoms with van der Waals surface area (Å²) in [4.78, 5) is 21.3. The fraction of sp³-hybridized carbons (Fsp3) is 0.391. The smallest absolute Gasteiger partial charge is 0.252 e. The van der Waals surface area contributed by atoms with Crippen LogP contribution in [0.5, 0.6) is 0 Å². The number of thioether (sulfide) groups is 1. The summed E-state index contributed by atoms with van der Waals surface area (Å²) < 4.78 is 24.6. The molecule has 2 fully saturated rings. The maximum absolute atomic E-state index is 12.8. The normalized spacial score (nSPS) is 22.8. The number of rotatable bonds is 6. The molecule has 0 radical (unpaired) electrons. The summed E-state index contributed by atoms with van der Waals surface area (Å²) in [6.45, 7) is 6.03. The van der Waals surface area contributed by atoms with Crippen molar-refractivity contribution >= 4 is 55.6 Å². The molecule has 0 unspecified atom stereocenters. The maximum Gasteiger partial charge on any atom is 0.252 e. The van der Waals surface area contributed by atoms with Crippen LogP contribution in [-0.2, 0) is 21.1 Å². The van der Waals surface area contributed by atoms with Crippen molar-refractivity contribution in [1.29, 1.82) is 0 Å². The van der Waals surface area contributed by atoms with Gasteiger partial charge in [-0.25, -0.2) is 8.42 Å². The monoisotopic (exact) mass is 491 g/mol. The number of halogens is 1. The number of benzene rings is 2. The van der Waals surface area contributed by atoms with Crippen molar-refractivity contribution in [3.8, 4) is 0 Å². The summed E-state index contributed by atoms with van der Waals surface area (Å²) in [5, 5.41) is 0.962. The SMILES string of the molecule is CCN(CC)c1ccc(N2C(=NC(=O)Cc3ccccc3Cl)S[C@@H]3CS(=O)(=O)C[C@@H]32)cc1. The first kappa shape index (κ1) is 23.1. The Morgan fingerprint density at radius 3 is 2.47 bits per heavy atom. The molecule has 2 saturated heterocycles. The van der Waals surface area contributed by atoms with Gasteiger partial charge in [0.15, 0.2) is 15.0 Å². The molecule has 6 nitrogen and oxygen atoms in total. The van der Waals surface area contributed by atoms with Crippen molar-refractivity contribution in [2.24, 2.45) is 4.99 Å². The van der Waals surface area contributed by atoms with Crippen LogP contribution < -0.4 is 9.80 Å². The summed E-state index contributed by atoms with van der Waals surface area (Å²) in [6.07, 6.45) is 0.103.